The molecule has 78 valence electrons. The highest BCUT2D eigenvalue weighted by Crippen LogP contribution is 2.27. The number of rotatable bonds is 1. The van der Waals surface area contributed by atoms with Gasteiger partial charge in [-0.05, 0) is 22.0 Å². The molecule has 0 fully saturated rings. The van der Waals surface area contributed by atoms with Gasteiger partial charge in [0.2, 0.25) is 0 Å². The fourth-order valence-corrected chi connectivity index (χ4v) is 1.73. The van der Waals surface area contributed by atoms with Crippen molar-refractivity contribution in [2.75, 3.05) is 7.11 Å². The Balaban J connectivity index is 2.80. The van der Waals surface area contributed by atoms with Crippen LogP contribution in [0, 0.1) is 5.82 Å². The van der Waals surface area contributed by atoms with Crippen molar-refractivity contribution in [2.24, 2.45) is 0 Å². The summed E-state index contributed by atoms with van der Waals surface area (Å²) in [5, 5.41) is 0. The van der Waals surface area contributed by atoms with E-state index in [2.05, 4.69) is 30.6 Å². The molecule has 0 radical (unpaired) electrons. The van der Waals surface area contributed by atoms with Gasteiger partial charge in [-0.2, -0.15) is 0 Å². The van der Waals surface area contributed by atoms with Crippen LogP contribution < -0.4 is 0 Å². The maximum absolute atomic E-state index is 13.4. The number of nitrogens with zero attached hydrogens (tertiary/aromatic N) is 1. The first-order chi connectivity index (χ1) is 7.15. The number of fused-ring (bicyclic) bond motifs is 1. The smallest absolute Gasteiger partial charge is 0.340 e. The molecule has 0 bridgehead atoms. The second-order valence-electron chi connectivity index (χ2n) is 2.84. The molecule has 1 aromatic carbocycles. The number of aromatic nitrogens is 2. The van der Waals surface area contributed by atoms with E-state index in [1.807, 2.05) is 0 Å². The van der Waals surface area contributed by atoms with Crippen LogP contribution in [0.4, 0.5) is 4.39 Å². The molecule has 0 unspecified atom stereocenters. The van der Waals surface area contributed by atoms with Gasteiger partial charge in [0.1, 0.15) is 11.3 Å². The Labute approximate surface area is 92.6 Å². The molecule has 0 aliphatic rings. The molecule has 0 aliphatic heterocycles. The lowest BCUT2D eigenvalue weighted by molar-refractivity contribution is 0.0602. The predicted molar refractivity (Wildman–Crippen MR) is 55.1 cm³/mol. The summed E-state index contributed by atoms with van der Waals surface area (Å²) in [4.78, 5) is 18.0. The number of ether oxygens (including phenoxy) is 1. The van der Waals surface area contributed by atoms with Crippen molar-refractivity contribution in [1.29, 1.82) is 0 Å². The summed E-state index contributed by atoms with van der Waals surface area (Å²) in [5.41, 5.74) is 0.955. The van der Waals surface area contributed by atoms with Crippen LogP contribution in [0.1, 0.15) is 10.4 Å². The number of aromatic amines is 1. The SMILES string of the molecule is COC(=O)c1cc(F)c(Br)c2nc[nH]c12. The van der Waals surface area contributed by atoms with Gasteiger partial charge in [0, 0.05) is 0 Å². The number of carbonyl (C=O) groups is 1. The van der Waals surface area contributed by atoms with Crippen molar-refractivity contribution < 1.29 is 13.9 Å². The molecule has 1 heterocycles. The highest BCUT2D eigenvalue weighted by atomic mass is 79.9. The van der Waals surface area contributed by atoms with Crippen LogP contribution in [0.25, 0.3) is 11.0 Å². The molecule has 1 aromatic heterocycles. The quantitative estimate of drug-likeness (QED) is 0.811. The van der Waals surface area contributed by atoms with Crippen molar-refractivity contribution in [3.05, 3.63) is 28.2 Å². The summed E-state index contributed by atoms with van der Waals surface area (Å²) in [5.74, 6) is -1.15. The van der Waals surface area contributed by atoms with E-state index in [0.29, 0.717) is 11.0 Å². The van der Waals surface area contributed by atoms with Gasteiger partial charge in [-0.15, -0.1) is 0 Å². The van der Waals surface area contributed by atoms with E-state index in [1.54, 1.807) is 0 Å². The van der Waals surface area contributed by atoms with Crippen LogP contribution >= 0.6 is 15.9 Å². The molecule has 0 amide bonds. The zero-order chi connectivity index (χ0) is 11.0. The van der Waals surface area contributed by atoms with E-state index < -0.39 is 11.8 Å². The number of benzene rings is 1. The first-order valence-electron chi connectivity index (χ1n) is 4.04. The van der Waals surface area contributed by atoms with Crippen LogP contribution in [0.3, 0.4) is 0 Å². The van der Waals surface area contributed by atoms with Crippen molar-refractivity contribution in [2.45, 2.75) is 0 Å². The molecule has 0 aliphatic carbocycles. The van der Waals surface area contributed by atoms with E-state index in [4.69, 9.17) is 0 Å². The molecular formula is C9H6BrFN2O2. The molecule has 1 N–H and O–H groups in total. The standard InChI is InChI=1S/C9H6BrFN2O2/c1-15-9(14)4-2-5(11)6(10)8-7(4)12-3-13-8/h2-3H,1H3,(H,12,13). The third-order valence-electron chi connectivity index (χ3n) is 2.00. The average Bonchev–Trinajstić information content (AvgIpc) is 2.71. The minimum atomic E-state index is -0.601. The monoisotopic (exact) mass is 272 g/mol. The average molecular weight is 273 g/mol. The summed E-state index contributed by atoms with van der Waals surface area (Å²) in [6.07, 6.45) is 1.39. The lowest BCUT2D eigenvalue weighted by atomic mass is 10.2. The number of hydrogen-bond acceptors (Lipinski definition) is 3. The van der Waals surface area contributed by atoms with Crippen LogP contribution in [-0.4, -0.2) is 23.0 Å². The zero-order valence-corrected chi connectivity index (χ0v) is 9.26. The van der Waals surface area contributed by atoms with Crippen LogP contribution in [0.15, 0.2) is 16.9 Å². The lowest BCUT2D eigenvalue weighted by Gasteiger charge is -2.02. The Morgan fingerprint density at radius 3 is 3.07 bits per heavy atom. The Kier molecular flexibility index (Phi) is 2.44. The van der Waals surface area contributed by atoms with E-state index in [1.165, 1.54) is 13.4 Å². The van der Waals surface area contributed by atoms with E-state index >= 15 is 0 Å². The van der Waals surface area contributed by atoms with Crippen LogP contribution in [0.2, 0.25) is 0 Å². The number of esters is 1. The molecule has 4 nitrogen and oxygen atoms in total. The molecule has 0 saturated heterocycles. The predicted octanol–water partition coefficient (Wildman–Crippen LogP) is 2.25. The molecule has 2 rings (SSSR count). The Hall–Kier alpha value is -1.43. The third-order valence-corrected chi connectivity index (χ3v) is 2.76. The highest BCUT2D eigenvalue weighted by molar-refractivity contribution is 9.10. The van der Waals surface area contributed by atoms with Gasteiger partial charge in [-0.1, -0.05) is 0 Å². The first kappa shape index (κ1) is 10.1. The molecule has 6 heteroatoms. The number of imidazole rings is 1. The van der Waals surface area contributed by atoms with Gasteiger partial charge in [0.25, 0.3) is 0 Å². The zero-order valence-electron chi connectivity index (χ0n) is 7.67. The summed E-state index contributed by atoms with van der Waals surface area (Å²) in [6, 6.07) is 1.11. The normalized spacial score (nSPS) is 10.6. The largest absolute Gasteiger partial charge is 0.465 e. The Bertz CT molecular complexity index is 538. The summed E-state index contributed by atoms with van der Waals surface area (Å²) >= 11 is 3.06. The fraction of sp³-hybridized carbons (Fsp3) is 0.111. The minimum Gasteiger partial charge on any atom is -0.465 e. The highest BCUT2D eigenvalue weighted by Gasteiger charge is 2.17. The molecule has 0 spiro atoms. The van der Waals surface area contributed by atoms with Crippen molar-refractivity contribution in [1.82, 2.24) is 9.97 Å². The Morgan fingerprint density at radius 2 is 2.40 bits per heavy atom. The van der Waals surface area contributed by atoms with Crippen LogP contribution in [-0.2, 0) is 4.74 Å². The fourth-order valence-electron chi connectivity index (χ4n) is 1.31. The van der Waals surface area contributed by atoms with Gasteiger partial charge in [-0.3, -0.25) is 0 Å². The molecule has 0 saturated carbocycles. The number of carbonyl (C=O) groups excluding carboxylic acids is 1. The van der Waals surface area contributed by atoms with Crippen LogP contribution in [0.5, 0.6) is 0 Å². The van der Waals surface area contributed by atoms with E-state index in [0.717, 1.165) is 6.07 Å². The Morgan fingerprint density at radius 1 is 1.67 bits per heavy atom. The van der Waals surface area contributed by atoms with Gasteiger partial charge in [0.15, 0.2) is 0 Å². The van der Waals surface area contributed by atoms with Gasteiger partial charge in [-0.25, -0.2) is 14.2 Å². The maximum Gasteiger partial charge on any atom is 0.340 e. The molecule has 0 atom stereocenters. The summed E-state index contributed by atoms with van der Waals surface area (Å²) < 4.78 is 18.1. The van der Waals surface area contributed by atoms with E-state index in [9.17, 15) is 9.18 Å². The second kappa shape index (κ2) is 3.62. The number of hydrogen-bond donors (Lipinski definition) is 1. The van der Waals surface area contributed by atoms with E-state index in [-0.39, 0.29) is 10.0 Å². The van der Waals surface area contributed by atoms with Crippen molar-refractivity contribution in [3.8, 4) is 0 Å². The second-order valence-corrected chi connectivity index (χ2v) is 3.63. The lowest BCUT2D eigenvalue weighted by Crippen LogP contribution is -2.03. The summed E-state index contributed by atoms with van der Waals surface area (Å²) in [7, 11) is 1.24. The van der Waals surface area contributed by atoms with Crippen molar-refractivity contribution in [3.63, 3.8) is 0 Å². The van der Waals surface area contributed by atoms with Crippen molar-refractivity contribution >= 4 is 32.9 Å². The minimum absolute atomic E-state index is 0.130. The molecule has 15 heavy (non-hydrogen) atoms. The number of H-pyrrole nitrogens is 1. The number of halogens is 2. The summed E-state index contributed by atoms with van der Waals surface area (Å²) in [6.45, 7) is 0. The van der Waals surface area contributed by atoms with Gasteiger partial charge in [0.05, 0.1) is 29.0 Å². The topological polar surface area (TPSA) is 55.0 Å². The van der Waals surface area contributed by atoms with Gasteiger partial charge < -0.3 is 9.72 Å². The van der Waals surface area contributed by atoms with Gasteiger partial charge >= 0.3 is 5.97 Å². The number of nitrogens with one attached hydrogen (secondary N) is 1. The third kappa shape index (κ3) is 1.50. The maximum atomic E-state index is 13.4. The molecule has 2 aromatic rings. The first-order valence-corrected chi connectivity index (χ1v) is 4.84. The molecular weight excluding hydrogens is 267 g/mol. The number of methoxy groups -OCH3 is 1.